The normalized spacial score (nSPS) is 21.4. The lowest BCUT2D eigenvalue weighted by Crippen LogP contribution is -2.47. The van der Waals surface area contributed by atoms with E-state index in [9.17, 15) is 4.79 Å². The third-order valence-electron chi connectivity index (χ3n) is 3.66. The second kappa shape index (κ2) is 7.20. The monoisotopic (exact) mass is 339 g/mol. The summed E-state index contributed by atoms with van der Waals surface area (Å²) in [5, 5.41) is 3.04. The van der Waals surface area contributed by atoms with Gasteiger partial charge in [-0.15, -0.1) is 0 Å². The van der Waals surface area contributed by atoms with Gasteiger partial charge in [0.2, 0.25) is 5.91 Å². The minimum atomic E-state index is 0.0223. The van der Waals surface area contributed by atoms with E-state index in [0.29, 0.717) is 6.54 Å². The number of carbonyl (C=O) groups excluding carboxylic acids is 1. The standard InChI is InChI=1S/C15H22BrN3O/c1-11(12-4-6-13(16)7-5-12)18-15(20)10-19-8-2-3-14(17)9-19/h4-7,11,14H,2-3,8-10,17H2,1H3,(H,18,20)/t11?,14-/m1/s1. The lowest BCUT2D eigenvalue weighted by Gasteiger charge is -2.30. The van der Waals surface area contributed by atoms with Crippen molar-refractivity contribution in [1.82, 2.24) is 10.2 Å². The molecule has 0 radical (unpaired) electrons. The molecule has 0 aromatic heterocycles. The molecule has 0 aliphatic carbocycles. The van der Waals surface area contributed by atoms with E-state index in [0.717, 1.165) is 36.0 Å². The van der Waals surface area contributed by atoms with Gasteiger partial charge in [-0.1, -0.05) is 28.1 Å². The first-order chi connectivity index (χ1) is 9.54. The van der Waals surface area contributed by atoms with E-state index in [2.05, 4.69) is 26.1 Å². The van der Waals surface area contributed by atoms with E-state index in [1.54, 1.807) is 0 Å². The molecular formula is C15H22BrN3O. The smallest absolute Gasteiger partial charge is 0.234 e. The van der Waals surface area contributed by atoms with Crippen molar-refractivity contribution in [1.29, 1.82) is 0 Å². The Hall–Kier alpha value is -0.910. The molecule has 20 heavy (non-hydrogen) atoms. The number of piperidine rings is 1. The van der Waals surface area contributed by atoms with Gasteiger partial charge < -0.3 is 11.1 Å². The molecule has 0 spiro atoms. The van der Waals surface area contributed by atoms with Gasteiger partial charge in [-0.2, -0.15) is 0 Å². The first-order valence-corrected chi connectivity index (χ1v) is 7.86. The van der Waals surface area contributed by atoms with Crippen LogP contribution >= 0.6 is 15.9 Å². The predicted molar refractivity (Wildman–Crippen MR) is 84.3 cm³/mol. The van der Waals surface area contributed by atoms with Crippen LogP contribution in [-0.4, -0.2) is 36.5 Å². The molecule has 0 bridgehead atoms. The van der Waals surface area contributed by atoms with Crippen LogP contribution in [0.5, 0.6) is 0 Å². The Labute approximate surface area is 128 Å². The summed E-state index contributed by atoms with van der Waals surface area (Å²) in [5.41, 5.74) is 7.04. The van der Waals surface area contributed by atoms with Crippen molar-refractivity contribution in [3.05, 3.63) is 34.3 Å². The highest BCUT2D eigenvalue weighted by atomic mass is 79.9. The summed E-state index contributed by atoms with van der Waals surface area (Å²) in [7, 11) is 0. The third-order valence-corrected chi connectivity index (χ3v) is 4.19. The predicted octanol–water partition coefficient (Wildman–Crippen LogP) is 2.05. The summed E-state index contributed by atoms with van der Waals surface area (Å²) in [6.45, 7) is 4.23. The third kappa shape index (κ3) is 4.58. The van der Waals surface area contributed by atoms with Crippen LogP contribution < -0.4 is 11.1 Å². The van der Waals surface area contributed by atoms with Crippen LogP contribution in [-0.2, 0) is 4.79 Å². The van der Waals surface area contributed by atoms with Crippen molar-refractivity contribution in [3.8, 4) is 0 Å². The van der Waals surface area contributed by atoms with E-state index in [-0.39, 0.29) is 18.0 Å². The van der Waals surface area contributed by atoms with Crippen molar-refractivity contribution < 1.29 is 4.79 Å². The molecule has 1 aromatic carbocycles. The summed E-state index contributed by atoms with van der Waals surface area (Å²) >= 11 is 3.41. The van der Waals surface area contributed by atoms with Crippen molar-refractivity contribution in [3.63, 3.8) is 0 Å². The van der Waals surface area contributed by atoms with Gasteiger partial charge in [0, 0.05) is 17.1 Å². The maximum absolute atomic E-state index is 12.1. The summed E-state index contributed by atoms with van der Waals surface area (Å²) in [6, 6.07) is 8.25. The maximum atomic E-state index is 12.1. The first kappa shape index (κ1) is 15.5. The van der Waals surface area contributed by atoms with Gasteiger partial charge in [0.25, 0.3) is 0 Å². The molecule has 1 aliphatic rings. The molecule has 5 heteroatoms. The molecule has 1 heterocycles. The summed E-state index contributed by atoms with van der Waals surface area (Å²) in [4.78, 5) is 14.2. The largest absolute Gasteiger partial charge is 0.348 e. The molecule has 2 rings (SSSR count). The Kier molecular flexibility index (Phi) is 5.57. The van der Waals surface area contributed by atoms with Crippen LogP contribution in [0.3, 0.4) is 0 Å². The van der Waals surface area contributed by atoms with Crippen LogP contribution in [0.25, 0.3) is 0 Å². The molecule has 1 saturated heterocycles. The van der Waals surface area contributed by atoms with Gasteiger partial charge in [0.1, 0.15) is 0 Å². The number of hydrogen-bond acceptors (Lipinski definition) is 3. The molecule has 1 fully saturated rings. The number of benzene rings is 1. The average Bonchev–Trinajstić information content (AvgIpc) is 2.39. The molecule has 1 aromatic rings. The van der Waals surface area contributed by atoms with E-state index < -0.39 is 0 Å². The van der Waals surface area contributed by atoms with Crippen molar-refractivity contribution in [2.24, 2.45) is 5.73 Å². The second-order valence-electron chi connectivity index (χ2n) is 5.48. The minimum absolute atomic E-state index is 0.0223. The SMILES string of the molecule is CC(NC(=O)CN1CCC[C@@H](N)C1)c1ccc(Br)cc1. The van der Waals surface area contributed by atoms with Crippen molar-refractivity contribution in [2.45, 2.75) is 31.8 Å². The van der Waals surface area contributed by atoms with Crippen LogP contribution in [0.4, 0.5) is 0 Å². The highest BCUT2D eigenvalue weighted by Crippen LogP contribution is 2.16. The number of halogens is 1. The fraction of sp³-hybridized carbons (Fsp3) is 0.533. The van der Waals surface area contributed by atoms with Crippen molar-refractivity contribution >= 4 is 21.8 Å². The Bertz CT molecular complexity index is 449. The Morgan fingerprint density at radius 2 is 2.20 bits per heavy atom. The Morgan fingerprint density at radius 1 is 1.50 bits per heavy atom. The van der Waals surface area contributed by atoms with Gasteiger partial charge >= 0.3 is 0 Å². The van der Waals surface area contributed by atoms with E-state index in [1.165, 1.54) is 0 Å². The van der Waals surface area contributed by atoms with Gasteiger partial charge in [-0.05, 0) is 44.0 Å². The number of nitrogens with two attached hydrogens (primary N) is 1. The van der Waals surface area contributed by atoms with E-state index in [1.807, 2.05) is 31.2 Å². The number of rotatable bonds is 4. The highest BCUT2D eigenvalue weighted by Gasteiger charge is 2.19. The van der Waals surface area contributed by atoms with Crippen molar-refractivity contribution in [2.75, 3.05) is 19.6 Å². The lowest BCUT2D eigenvalue weighted by molar-refractivity contribution is -0.123. The topological polar surface area (TPSA) is 58.4 Å². The number of likely N-dealkylation sites (tertiary alicyclic amines) is 1. The molecule has 4 nitrogen and oxygen atoms in total. The second-order valence-corrected chi connectivity index (χ2v) is 6.39. The number of nitrogens with one attached hydrogen (secondary N) is 1. The van der Waals surface area contributed by atoms with Crippen LogP contribution in [0, 0.1) is 0 Å². The fourth-order valence-corrected chi connectivity index (χ4v) is 2.82. The van der Waals surface area contributed by atoms with Gasteiger partial charge in [-0.25, -0.2) is 0 Å². The van der Waals surface area contributed by atoms with Gasteiger partial charge in [0.15, 0.2) is 0 Å². The zero-order valence-corrected chi connectivity index (χ0v) is 13.4. The maximum Gasteiger partial charge on any atom is 0.234 e. The number of nitrogens with zero attached hydrogens (tertiary/aromatic N) is 1. The fourth-order valence-electron chi connectivity index (χ4n) is 2.56. The zero-order chi connectivity index (χ0) is 14.5. The molecule has 0 saturated carbocycles. The molecule has 1 aliphatic heterocycles. The van der Waals surface area contributed by atoms with Crippen LogP contribution in [0.15, 0.2) is 28.7 Å². The molecular weight excluding hydrogens is 318 g/mol. The minimum Gasteiger partial charge on any atom is -0.348 e. The first-order valence-electron chi connectivity index (χ1n) is 7.07. The molecule has 1 amide bonds. The van der Waals surface area contributed by atoms with E-state index in [4.69, 9.17) is 5.73 Å². The number of carbonyl (C=O) groups is 1. The molecule has 3 N–H and O–H groups in total. The summed E-state index contributed by atoms with van der Waals surface area (Å²) in [5.74, 6) is 0.0644. The van der Waals surface area contributed by atoms with E-state index >= 15 is 0 Å². The number of amides is 1. The lowest BCUT2D eigenvalue weighted by atomic mass is 10.1. The van der Waals surface area contributed by atoms with Crippen LogP contribution in [0.1, 0.15) is 31.4 Å². The molecule has 2 atom stereocenters. The highest BCUT2D eigenvalue weighted by molar-refractivity contribution is 9.10. The molecule has 1 unspecified atom stereocenters. The van der Waals surface area contributed by atoms with Gasteiger partial charge in [0.05, 0.1) is 12.6 Å². The summed E-state index contributed by atoms with van der Waals surface area (Å²) in [6.07, 6.45) is 2.14. The summed E-state index contributed by atoms with van der Waals surface area (Å²) < 4.78 is 1.04. The average molecular weight is 340 g/mol. The molecule has 110 valence electrons. The Balaban J connectivity index is 1.83. The zero-order valence-electron chi connectivity index (χ0n) is 11.8. The van der Waals surface area contributed by atoms with Gasteiger partial charge in [-0.3, -0.25) is 9.69 Å². The Morgan fingerprint density at radius 3 is 2.85 bits per heavy atom. The van der Waals surface area contributed by atoms with Crippen LogP contribution in [0.2, 0.25) is 0 Å². The quantitative estimate of drug-likeness (QED) is 0.882. The number of hydrogen-bond donors (Lipinski definition) is 2.